The van der Waals surface area contributed by atoms with E-state index in [1.807, 2.05) is 48.3 Å². The molecule has 4 nitrogen and oxygen atoms in total. The molecule has 0 saturated carbocycles. The Bertz CT molecular complexity index is 877. The van der Waals surface area contributed by atoms with E-state index >= 15 is 0 Å². The maximum Gasteiger partial charge on any atom is 0.238 e. The highest BCUT2D eigenvalue weighted by Gasteiger charge is 2.21. The number of anilines is 1. The predicted molar refractivity (Wildman–Crippen MR) is 114 cm³/mol. The summed E-state index contributed by atoms with van der Waals surface area (Å²) in [5, 5.41) is 3.44. The number of halogens is 1. The van der Waals surface area contributed by atoms with Crippen LogP contribution in [0.3, 0.4) is 0 Å². The van der Waals surface area contributed by atoms with Crippen LogP contribution in [0.5, 0.6) is 5.75 Å². The molecule has 144 valence electrons. The first-order valence-corrected chi connectivity index (χ1v) is 9.40. The number of carbonyl (C=O) groups excluding carboxylic acids is 1. The van der Waals surface area contributed by atoms with E-state index in [1.54, 1.807) is 25.3 Å². The molecule has 1 N–H and O–H groups in total. The van der Waals surface area contributed by atoms with E-state index in [-0.39, 0.29) is 18.5 Å². The number of hydrogen-bond donors (Lipinski definition) is 1. The van der Waals surface area contributed by atoms with Gasteiger partial charge in [0.05, 0.1) is 25.4 Å². The van der Waals surface area contributed by atoms with Crippen LogP contribution in [0.4, 0.5) is 5.69 Å². The Balaban J connectivity index is 1.80. The van der Waals surface area contributed by atoms with Gasteiger partial charge in [-0.3, -0.25) is 9.69 Å². The summed E-state index contributed by atoms with van der Waals surface area (Å²) < 4.78 is 5.31. The minimum atomic E-state index is -0.139. The Hall–Kier alpha value is -2.82. The van der Waals surface area contributed by atoms with E-state index in [4.69, 9.17) is 16.3 Å². The molecule has 0 atom stereocenters. The van der Waals surface area contributed by atoms with Gasteiger partial charge in [0.1, 0.15) is 5.75 Å². The molecule has 0 aromatic heterocycles. The zero-order valence-corrected chi connectivity index (χ0v) is 16.7. The number of likely N-dealkylation sites (N-methyl/N-ethyl adjacent to an activating group) is 1. The molecule has 3 aromatic rings. The first-order chi connectivity index (χ1) is 13.6. The molecule has 0 radical (unpaired) electrons. The van der Waals surface area contributed by atoms with Gasteiger partial charge in [-0.2, -0.15) is 0 Å². The van der Waals surface area contributed by atoms with E-state index < -0.39 is 0 Å². The summed E-state index contributed by atoms with van der Waals surface area (Å²) in [7, 11) is 3.51. The number of methoxy groups -OCH3 is 1. The lowest BCUT2D eigenvalue weighted by Gasteiger charge is -2.28. The molecule has 0 saturated heterocycles. The van der Waals surface area contributed by atoms with Gasteiger partial charge in [0.2, 0.25) is 5.91 Å². The normalized spacial score (nSPS) is 10.9. The molecular formula is C23H23ClN2O2. The molecule has 0 spiro atoms. The minimum absolute atomic E-state index is 0.0330. The molecule has 0 bridgehead atoms. The number of ether oxygens (including phenoxy) is 1. The number of carbonyl (C=O) groups is 1. The van der Waals surface area contributed by atoms with Crippen molar-refractivity contribution in [2.45, 2.75) is 6.04 Å². The lowest BCUT2D eigenvalue weighted by Crippen LogP contribution is -2.34. The summed E-state index contributed by atoms with van der Waals surface area (Å²) in [6.45, 7) is 0.212. The Kier molecular flexibility index (Phi) is 6.69. The molecule has 0 aliphatic rings. The molecule has 1 amide bonds. The SMILES string of the molecule is COc1ccc(Cl)cc1NC(=O)CN(C)C(c1ccccc1)c1ccccc1. The average molecular weight is 395 g/mol. The van der Waals surface area contributed by atoms with Crippen molar-refractivity contribution in [1.29, 1.82) is 0 Å². The van der Waals surface area contributed by atoms with Crippen molar-refractivity contribution < 1.29 is 9.53 Å². The number of amides is 1. The highest BCUT2D eigenvalue weighted by molar-refractivity contribution is 6.31. The molecule has 3 aromatic carbocycles. The second-order valence-electron chi connectivity index (χ2n) is 6.53. The van der Waals surface area contributed by atoms with Crippen LogP contribution in [0.1, 0.15) is 17.2 Å². The van der Waals surface area contributed by atoms with Gasteiger partial charge in [-0.1, -0.05) is 72.3 Å². The third kappa shape index (κ3) is 4.91. The lowest BCUT2D eigenvalue weighted by atomic mass is 9.97. The molecule has 0 aliphatic carbocycles. The van der Waals surface area contributed by atoms with E-state index in [9.17, 15) is 4.79 Å². The van der Waals surface area contributed by atoms with Crippen LogP contribution in [0.2, 0.25) is 5.02 Å². The second kappa shape index (κ2) is 9.40. The Morgan fingerprint density at radius 1 is 1.00 bits per heavy atom. The fourth-order valence-electron chi connectivity index (χ4n) is 3.26. The van der Waals surface area contributed by atoms with E-state index in [1.165, 1.54) is 0 Å². The van der Waals surface area contributed by atoms with Gasteiger partial charge in [0, 0.05) is 5.02 Å². The second-order valence-corrected chi connectivity index (χ2v) is 6.97. The van der Waals surface area contributed by atoms with E-state index in [0.29, 0.717) is 16.5 Å². The van der Waals surface area contributed by atoms with Gasteiger partial charge in [0.25, 0.3) is 0 Å². The number of benzene rings is 3. The fourth-order valence-corrected chi connectivity index (χ4v) is 3.43. The lowest BCUT2D eigenvalue weighted by molar-refractivity contribution is -0.117. The maximum atomic E-state index is 12.7. The maximum absolute atomic E-state index is 12.7. The van der Waals surface area contributed by atoms with Gasteiger partial charge >= 0.3 is 0 Å². The van der Waals surface area contributed by atoms with Crippen LogP contribution < -0.4 is 10.1 Å². The van der Waals surface area contributed by atoms with Crippen molar-refractivity contribution in [3.8, 4) is 5.75 Å². The monoisotopic (exact) mass is 394 g/mol. The quantitative estimate of drug-likeness (QED) is 0.612. The van der Waals surface area contributed by atoms with Gasteiger partial charge in [-0.05, 0) is 36.4 Å². The summed E-state index contributed by atoms with van der Waals surface area (Å²) in [5.41, 5.74) is 2.82. The predicted octanol–water partition coefficient (Wildman–Crippen LogP) is 5.01. The van der Waals surface area contributed by atoms with Crippen molar-refractivity contribution in [2.24, 2.45) is 0 Å². The van der Waals surface area contributed by atoms with Crippen LogP contribution in [0, 0.1) is 0 Å². The fraction of sp³-hybridized carbons (Fsp3) is 0.174. The number of nitrogens with one attached hydrogen (secondary N) is 1. The summed E-state index contributed by atoms with van der Waals surface area (Å²) in [6.07, 6.45) is 0. The first kappa shape index (κ1) is 19.9. The largest absolute Gasteiger partial charge is 0.495 e. The molecule has 5 heteroatoms. The first-order valence-electron chi connectivity index (χ1n) is 9.02. The number of nitrogens with zero attached hydrogens (tertiary/aromatic N) is 1. The molecular weight excluding hydrogens is 372 g/mol. The zero-order valence-electron chi connectivity index (χ0n) is 15.9. The van der Waals surface area contributed by atoms with E-state index in [2.05, 4.69) is 29.6 Å². The number of hydrogen-bond acceptors (Lipinski definition) is 3. The molecule has 0 fully saturated rings. The van der Waals surface area contributed by atoms with Crippen molar-refractivity contribution in [3.63, 3.8) is 0 Å². The van der Waals surface area contributed by atoms with Gasteiger partial charge in [0.15, 0.2) is 0 Å². The van der Waals surface area contributed by atoms with Crippen LogP contribution in [0.15, 0.2) is 78.9 Å². The summed E-state index contributed by atoms with van der Waals surface area (Å²) >= 11 is 6.06. The standard InChI is InChI=1S/C23H23ClN2O2/c1-26(16-22(27)25-20-15-19(24)13-14-21(20)28-2)23(17-9-5-3-6-10-17)18-11-7-4-8-12-18/h3-15,23H,16H2,1-2H3,(H,25,27). The van der Waals surface area contributed by atoms with Crippen molar-refractivity contribution in [3.05, 3.63) is 95.0 Å². The van der Waals surface area contributed by atoms with Crippen molar-refractivity contribution in [1.82, 2.24) is 4.90 Å². The van der Waals surface area contributed by atoms with Crippen molar-refractivity contribution in [2.75, 3.05) is 26.0 Å². The summed E-state index contributed by atoms with van der Waals surface area (Å²) in [4.78, 5) is 14.7. The number of rotatable bonds is 7. The highest BCUT2D eigenvalue weighted by atomic mass is 35.5. The van der Waals surface area contributed by atoms with Crippen LogP contribution in [-0.4, -0.2) is 31.5 Å². The van der Waals surface area contributed by atoms with Crippen LogP contribution in [-0.2, 0) is 4.79 Å². The minimum Gasteiger partial charge on any atom is -0.495 e. The highest BCUT2D eigenvalue weighted by Crippen LogP contribution is 2.29. The summed E-state index contributed by atoms with van der Waals surface area (Å²) in [6, 6.07) is 25.4. The van der Waals surface area contributed by atoms with Crippen LogP contribution in [0.25, 0.3) is 0 Å². The van der Waals surface area contributed by atoms with Gasteiger partial charge < -0.3 is 10.1 Å². The average Bonchev–Trinajstić information content (AvgIpc) is 2.70. The van der Waals surface area contributed by atoms with E-state index in [0.717, 1.165) is 11.1 Å². The van der Waals surface area contributed by atoms with Gasteiger partial charge in [-0.25, -0.2) is 0 Å². The van der Waals surface area contributed by atoms with Crippen molar-refractivity contribution >= 4 is 23.2 Å². The third-order valence-corrected chi connectivity index (χ3v) is 4.74. The van der Waals surface area contributed by atoms with Gasteiger partial charge in [-0.15, -0.1) is 0 Å². The summed E-state index contributed by atoms with van der Waals surface area (Å²) in [5.74, 6) is 0.433. The zero-order chi connectivity index (χ0) is 19.9. The Morgan fingerprint density at radius 3 is 2.11 bits per heavy atom. The molecule has 3 rings (SSSR count). The molecule has 0 aliphatic heterocycles. The Labute approximate surface area is 170 Å². The molecule has 0 unspecified atom stereocenters. The molecule has 28 heavy (non-hydrogen) atoms. The Morgan fingerprint density at radius 2 is 1.57 bits per heavy atom. The molecule has 0 heterocycles. The third-order valence-electron chi connectivity index (χ3n) is 4.50. The topological polar surface area (TPSA) is 41.6 Å². The smallest absolute Gasteiger partial charge is 0.238 e. The van der Waals surface area contributed by atoms with Crippen LogP contribution >= 0.6 is 11.6 Å².